The molecule has 4 aliphatic carbocycles. The summed E-state index contributed by atoms with van der Waals surface area (Å²) in [7, 11) is 0. The van der Waals surface area contributed by atoms with Gasteiger partial charge in [0.25, 0.3) is 0 Å². The average Bonchev–Trinajstić information content (AvgIpc) is 3.35. The van der Waals surface area contributed by atoms with Crippen molar-refractivity contribution in [1.82, 2.24) is 0 Å². The van der Waals surface area contributed by atoms with Gasteiger partial charge in [-0.15, -0.1) is 0 Å². The molecule has 3 saturated carbocycles. The number of rotatable bonds is 2. The number of hydrogen-bond acceptors (Lipinski definition) is 6. The number of aliphatic hydroxyl groups excluding tert-OH is 1. The minimum Gasteiger partial charge on any atom is -0.390 e. The Kier molecular flexibility index (Phi) is 5.70. The number of carbonyl (C=O) groups excluding carboxylic acids is 2. The van der Waals surface area contributed by atoms with Crippen LogP contribution in [0.1, 0.15) is 45.0 Å². The van der Waals surface area contributed by atoms with Crippen LogP contribution in [-0.4, -0.2) is 51.9 Å². The molecule has 1 unspecified atom stereocenters. The number of fused-ring (bicyclic) bond motifs is 7. The lowest BCUT2D eigenvalue weighted by Gasteiger charge is -2.63. The molecule has 1 saturated heterocycles. The van der Waals surface area contributed by atoms with Crippen molar-refractivity contribution in [2.75, 3.05) is 6.26 Å². The molecule has 0 aromatic heterocycles. The van der Waals surface area contributed by atoms with Crippen molar-refractivity contribution < 1.29 is 41.7 Å². The highest BCUT2D eigenvalue weighted by atomic mass is 32.2. The Morgan fingerprint density at radius 1 is 1.18 bits per heavy atom. The summed E-state index contributed by atoms with van der Waals surface area (Å²) in [6.45, 7) is 3.23. The highest BCUT2D eigenvalue weighted by Gasteiger charge is 2.80. The largest absolute Gasteiger partial charge is 0.390 e. The average molecular weight is 553 g/mol. The summed E-state index contributed by atoms with van der Waals surface area (Å²) in [5.74, 6) is -3.75. The van der Waals surface area contributed by atoms with E-state index in [4.69, 9.17) is 9.47 Å². The fourth-order valence-electron chi connectivity index (χ4n) is 8.28. The molecular weight excluding hydrogens is 524 g/mol. The topological polar surface area (TPSA) is 72.8 Å². The number of allylic oxidation sites excluding steroid dienone is 4. The highest BCUT2D eigenvalue weighted by molar-refractivity contribution is 8.13. The van der Waals surface area contributed by atoms with Crippen LogP contribution in [-0.2, 0) is 19.1 Å². The molecule has 204 valence electrons. The van der Waals surface area contributed by atoms with E-state index in [0.29, 0.717) is 6.07 Å². The van der Waals surface area contributed by atoms with E-state index >= 15 is 8.78 Å². The number of ketones is 1. The molecule has 10 atom stereocenters. The molecule has 0 amide bonds. The Bertz CT molecular complexity index is 1300. The van der Waals surface area contributed by atoms with E-state index in [-0.39, 0.29) is 30.4 Å². The van der Waals surface area contributed by atoms with Crippen molar-refractivity contribution in [3.05, 3.63) is 59.2 Å². The monoisotopic (exact) mass is 552 g/mol. The molecule has 10 heteroatoms. The van der Waals surface area contributed by atoms with E-state index in [0.717, 1.165) is 23.9 Å². The zero-order chi connectivity index (χ0) is 27.4. The van der Waals surface area contributed by atoms with Crippen LogP contribution < -0.4 is 0 Å². The maximum atomic E-state index is 17.4. The first-order valence-electron chi connectivity index (χ1n) is 12.7. The molecule has 1 heterocycles. The van der Waals surface area contributed by atoms with Crippen LogP contribution in [0.25, 0.3) is 0 Å². The SMILES string of the molecule is CSC(=O)[C@@]12OC(c3ccc(F)cc3F)O[C@@H]1C[C@H]1[C@@H]3C[C@H](F)C4=CC(=O)C=C[C@]4(C)[C@@]3(F)[C@@H](O)C[C@@]12C. The van der Waals surface area contributed by atoms with Gasteiger partial charge in [-0.05, 0) is 68.2 Å². The van der Waals surface area contributed by atoms with Gasteiger partial charge in [0.2, 0.25) is 5.12 Å². The fraction of sp³-hybridized carbons (Fsp3) is 0.571. The predicted molar refractivity (Wildman–Crippen MR) is 130 cm³/mol. The molecule has 5 nitrogen and oxygen atoms in total. The first kappa shape index (κ1) is 26.2. The van der Waals surface area contributed by atoms with Crippen LogP contribution in [0.4, 0.5) is 17.6 Å². The number of hydrogen-bond donors (Lipinski definition) is 1. The van der Waals surface area contributed by atoms with Crippen LogP contribution in [0.2, 0.25) is 0 Å². The lowest BCUT2D eigenvalue weighted by molar-refractivity contribution is -0.232. The summed E-state index contributed by atoms with van der Waals surface area (Å²) in [5, 5.41) is 11.1. The van der Waals surface area contributed by atoms with Crippen molar-refractivity contribution in [3.8, 4) is 0 Å². The predicted octanol–water partition coefficient (Wildman–Crippen LogP) is 4.94. The maximum Gasteiger partial charge on any atom is 0.223 e. The molecule has 38 heavy (non-hydrogen) atoms. The minimum absolute atomic E-state index is 0.0128. The standard InChI is InChI=1S/C28H28F4O5S/c1-25-7-6-14(33)9-18(25)20(31)10-17-16-11-22-28(24(35)38-3,26(16,2)12-21(34)27(17,25)32)37-23(36-22)15-5-4-13(29)8-19(15)30/h4-9,16-17,20-23,34H,10-12H2,1-3H3/t16-,17-,20-,21-,22+,23?,25-,26-,27-,28-/m0/s1. The highest BCUT2D eigenvalue weighted by Crippen LogP contribution is 2.73. The number of benzene rings is 1. The molecule has 0 radical (unpaired) electrons. The van der Waals surface area contributed by atoms with Gasteiger partial charge in [-0.2, -0.15) is 0 Å². The van der Waals surface area contributed by atoms with Gasteiger partial charge in [-0.1, -0.05) is 24.8 Å². The van der Waals surface area contributed by atoms with Crippen molar-refractivity contribution >= 4 is 22.7 Å². The summed E-state index contributed by atoms with van der Waals surface area (Å²) in [5.41, 5.74) is -6.79. The van der Waals surface area contributed by atoms with Crippen LogP contribution in [0.5, 0.6) is 0 Å². The van der Waals surface area contributed by atoms with Gasteiger partial charge >= 0.3 is 0 Å². The van der Waals surface area contributed by atoms with E-state index in [1.165, 1.54) is 25.1 Å². The third kappa shape index (κ3) is 3.00. The van der Waals surface area contributed by atoms with Crippen LogP contribution in [0.3, 0.4) is 0 Å². The fourth-order valence-corrected chi connectivity index (χ4v) is 9.00. The van der Waals surface area contributed by atoms with Crippen molar-refractivity contribution in [3.63, 3.8) is 0 Å². The van der Waals surface area contributed by atoms with E-state index in [9.17, 15) is 23.5 Å². The summed E-state index contributed by atoms with van der Waals surface area (Å²) in [6.07, 6.45) is -0.579. The summed E-state index contributed by atoms with van der Waals surface area (Å²) >= 11 is 0.890. The number of carbonyl (C=O) groups is 2. The summed E-state index contributed by atoms with van der Waals surface area (Å²) in [4.78, 5) is 25.7. The van der Waals surface area contributed by atoms with Crippen molar-refractivity contribution in [1.29, 1.82) is 0 Å². The van der Waals surface area contributed by atoms with E-state index in [2.05, 4.69) is 0 Å². The smallest absolute Gasteiger partial charge is 0.223 e. The quantitative estimate of drug-likeness (QED) is 0.525. The van der Waals surface area contributed by atoms with Crippen molar-refractivity contribution in [2.45, 2.75) is 69.0 Å². The molecule has 6 rings (SSSR count). The second kappa shape index (κ2) is 8.25. The molecule has 4 fully saturated rings. The zero-order valence-corrected chi connectivity index (χ0v) is 21.9. The van der Waals surface area contributed by atoms with Gasteiger partial charge in [0, 0.05) is 28.4 Å². The summed E-state index contributed by atoms with van der Waals surface area (Å²) in [6, 6.07) is 2.95. The van der Waals surface area contributed by atoms with Crippen LogP contribution >= 0.6 is 11.8 Å². The molecule has 0 spiro atoms. The maximum absolute atomic E-state index is 17.4. The van der Waals surface area contributed by atoms with E-state index < -0.39 is 81.1 Å². The Balaban J connectivity index is 1.45. The van der Waals surface area contributed by atoms with Gasteiger partial charge in [0.1, 0.15) is 17.8 Å². The first-order valence-corrected chi connectivity index (χ1v) is 13.9. The van der Waals surface area contributed by atoms with Crippen LogP contribution in [0.15, 0.2) is 42.0 Å². The number of ether oxygens (including phenoxy) is 2. The number of halogens is 4. The number of aliphatic hydroxyl groups is 1. The lowest BCUT2D eigenvalue weighted by atomic mass is 9.44. The summed E-state index contributed by atoms with van der Waals surface area (Å²) < 4.78 is 73.6. The van der Waals surface area contributed by atoms with Gasteiger partial charge in [0.15, 0.2) is 23.3 Å². The molecule has 5 aliphatic rings. The van der Waals surface area contributed by atoms with Gasteiger partial charge in [0.05, 0.1) is 12.2 Å². The lowest BCUT2D eigenvalue weighted by Crippen LogP contribution is -2.70. The Hall–Kier alpha value is -2.01. The third-order valence-corrected chi connectivity index (χ3v) is 10.7. The molecule has 1 N–H and O–H groups in total. The van der Waals surface area contributed by atoms with Crippen LogP contribution in [0, 0.1) is 34.3 Å². The Morgan fingerprint density at radius 3 is 2.61 bits per heavy atom. The minimum atomic E-state index is -2.31. The second-order valence-electron chi connectivity index (χ2n) is 11.6. The first-order chi connectivity index (χ1) is 17.8. The number of alkyl halides is 2. The van der Waals surface area contributed by atoms with Gasteiger partial charge < -0.3 is 14.6 Å². The van der Waals surface area contributed by atoms with Gasteiger partial charge in [-0.25, -0.2) is 17.6 Å². The Labute approximate surface area is 221 Å². The second-order valence-corrected chi connectivity index (χ2v) is 12.3. The molecule has 1 aromatic carbocycles. The van der Waals surface area contributed by atoms with E-state index in [1.54, 1.807) is 13.2 Å². The van der Waals surface area contributed by atoms with Crippen molar-refractivity contribution in [2.24, 2.45) is 22.7 Å². The molecule has 1 aliphatic heterocycles. The molecular formula is C28H28F4O5S. The van der Waals surface area contributed by atoms with Gasteiger partial charge in [-0.3, -0.25) is 9.59 Å². The normalized spacial score (nSPS) is 47.2. The zero-order valence-electron chi connectivity index (χ0n) is 21.0. The molecule has 1 aromatic rings. The molecule has 0 bridgehead atoms. The third-order valence-electron chi connectivity index (χ3n) is 10.1. The Morgan fingerprint density at radius 2 is 1.92 bits per heavy atom. The van der Waals surface area contributed by atoms with E-state index in [1.807, 2.05) is 0 Å². The number of thioether (sulfide) groups is 1.